The lowest BCUT2D eigenvalue weighted by molar-refractivity contribution is 0.983. The van der Waals surface area contributed by atoms with Crippen molar-refractivity contribution in [2.45, 2.75) is 20.3 Å². The molecular formula is C7H8ClN2. The topological polar surface area (TPSA) is 25.8 Å². The first-order chi connectivity index (χ1) is 4.74. The molecular weight excluding hydrogens is 148 g/mol. The van der Waals surface area contributed by atoms with Crippen molar-refractivity contribution in [3.63, 3.8) is 0 Å². The maximum atomic E-state index is 5.75. The fourth-order valence-corrected chi connectivity index (χ4v) is 0.952. The van der Waals surface area contributed by atoms with E-state index in [1.165, 1.54) is 0 Å². The van der Waals surface area contributed by atoms with Crippen molar-refractivity contribution in [1.82, 2.24) is 9.97 Å². The Balaban J connectivity index is 3.07. The summed E-state index contributed by atoms with van der Waals surface area (Å²) in [5.74, 6) is 0.669. The molecule has 0 aliphatic carbocycles. The van der Waals surface area contributed by atoms with Crippen LogP contribution in [0.1, 0.15) is 18.3 Å². The number of hydrogen-bond acceptors (Lipinski definition) is 2. The Kier molecular flexibility index (Phi) is 2.22. The molecule has 0 unspecified atom stereocenters. The van der Waals surface area contributed by atoms with Crippen LogP contribution in [0.3, 0.4) is 0 Å². The van der Waals surface area contributed by atoms with Gasteiger partial charge in [0.1, 0.15) is 11.0 Å². The maximum Gasteiger partial charge on any atom is 0.136 e. The van der Waals surface area contributed by atoms with Crippen LogP contribution in [0.2, 0.25) is 5.15 Å². The molecule has 1 rings (SSSR count). The van der Waals surface area contributed by atoms with E-state index in [-0.39, 0.29) is 0 Å². The SMILES string of the molecule is CCc1[c]nc(C)nc1Cl. The van der Waals surface area contributed by atoms with E-state index in [4.69, 9.17) is 11.6 Å². The van der Waals surface area contributed by atoms with E-state index in [1.807, 2.05) is 6.92 Å². The first kappa shape index (κ1) is 7.48. The molecule has 1 aromatic rings. The van der Waals surface area contributed by atoms with Crippen LogP contribution in [0.4, 0.5) is 0 Å². The summed E-state index contributed by atoms with van der Waals surface area (Å²) in [4.78, 5) is 7.86. The number of halogens is 1. The van der Waals surface area contributed by atoms with Crippen LogP contribution >= 0.6 is 11.6 Å². The first-order valence-corrected chi connectivity index (χ1v) is 3.52. The van der Waals surface area contributed by atoms with Gasteiger partial charge in [0.15, 0.2) is 0 Å². The number of hydrogen-bond donors (Lipinski definition) is 0. The van der Waals surface area contributed by atoms with Crippen LogP contribution in [0.15, 0.2) is 0 Å². The molecule has 0 aliphatic heterocycles. The van der Waals surface area contributed by atoms with Gasteiger partial charge in [-0.2, -0.15) is 0 Å². The number of nitrogens with zero attached hydrogens (tertiary/aromatic N) is 2. The average Bonchev–Trinajstić information content (AvgIpc) is 1.88. The van der Waals surface area contributed by atoms with Crippen LogP contribution in [0.25, 0.3) is 0 Å². The van der Waals surface area contributed by atoms with Gasteiger partial charge >= 0.3 is 0 Å². The predicted molar refractivity (Wildman–Crippen MR) is 40.0 cm³/mol. The van der Waals surface area contributed by atoms with E-state index in [1.54, 1.807) is 6.92 Å². The smallest absolute Gasteiger partial charge is 0.136 e. The molecule has 10 heavy (non-hydrogen) atoms. The molecule has 1 heterocycles. The lowest BCUT2D eigenvalue weighted by atomic mass is 10.3. The Morgan fingerprint density at radius 3 is 2.80 bits per heavy atom. The van der Waals surface area contributed by atoms with Crippen molar-refractivity contribution in [2.24, 2.45) is 0 Å². The summed E-state index contributed by atoms with van der Waals surface area (Å²) in [5.41, 5.74) is 0.882. The molecule has 0 aromatic carbocycles. The molecule has 0 saturated carbocycles. The van der Waals surface area contributed by atoms with Gasteiger partial charge < -0.3 is 0 Å². The molecule has 2 nitrogen and oxygen atoms in total. The van der Waals surface area contributed by atoms with E-state index in [0.29, 0.717) is 11.0 Å². The Hall–Kier alpha value is -0.630. The molecule has 1 aromatic heterocycles. The van der Waals surface area contributed by atoms with Crippen molar-refractivity contribution < 1.29 is 0 Å². The Morgan fingerprint density at radius 1 is 1.60 bits per heavy atom. The molecule has 0 aliphatic rings. The molecule has 3 heteroatoms. The summed E-state index contributed by atoms with van der Waals surface area (Å²) in [6.45, 7) is 3.79. The van der Waals surface area contributed by atoms with Crippen LogP contribution in [-0.4, -0.2) is 9.97 Å². The molecule has 0 bridgehead atoms. The van der Waals surface area contributed by atoms with Gasteiger partial charge in [-0.15, -0.1) is 0 Å². The van der Waals surface area contributed by atoms with E-state index < -0.39 is 0 Å². The molecule has 0 saturated heterocycles. The zero-order valence-corrected chi connectivity index (χ0v) is 6.74. The van der Waals surface area contributed by atoms with Crippen molar-refractivity contribution in [2.75, 3.05) is 0 Å². The minimum atomic E-state index is 0.523. The largest absolute Gasteiger partial charge is 0.231 e. The fourth-order valence-electron chi connectivity index (χ4n) is 0.654. The summed E-state index contributed by atoms with van der Waals surface area (Å²) >= 11 is 5.75. The molecule has 0 amide bonds. The van der Waals surface area contributed by atoms with Gasteiger partial charge in [0.2, 0.25) is 0 Å². The highest BCUT2D eigenvalue weighted by Gasteiger charge is 1.99. The van der Waals surface area contributed by atoms with E-state index >= 15 is 0 Å². The Bertz CT molecular complexity index is 235. The van der Waals surface area contributed by atoms with Crippen LogP contribution in [-0.2, 0) is 6.42 Å². The van der Waals surface area contributed by atoms with Gasteiger partial charge in [0.25, 0.3) is 0 Å². The quantitative estimate of drug-likeness (QED) is 0.578. The highest BCUT2D eigenvalue weighted by atomic mass is 35.5. The van der Waals surface area contributed by atoms with Crippen molar-refractivity contribution >= 4 is 11.6 Å². The lowest BCUT2D eigenvalue weighted by Crippen LogP contribution is -1.92. The molecule has 0 fully saturated rings. The predicted octanol–water partition coefficient (Wildman–Crippen LogP) is 1.80. The van der Waals surface area contributed by atoms with Gasteiger partial charge in [0.05, 0.1) is 6.20 Å². The third kappa shape index (κ3) is 1.45. The summed E-state index contributed by atoms with van der Waals surface area (Å²) in [7, 11) is 0. The zero-order valence-electron chi connectivity index (χ0n) is 5.98. The monoisotopic (exact) mass is 155 g/mol. The van der Waals surface area contributed by atoms with Crippen LogP contribution in [0.5, 0.6) is 0 Å². The van der Waals surface area contributed by atoms with Crippen molar-refractivity contribution in [3.8, 4) is 0 Å². The molecule has 0 N–H and O–H groups in total. The van der Waals surface area contributed by atoms with Crippen molar-refractivity contribution in [1.29, 1.82) is 0 Å². The summed E-state index contributed by atoms with van der Waals surface area (Å²) in [5, 5.41) is 0.523. The highest BCUT2D eigenvalue weighted by molar-refractivity contribution is 6.30. The number of aromatic nitrogens is 2. The van der Waals surface area contributed by atoms with E-state index in [9.17, 15) is 0 Å². The van der Waals surface area contributed by atoms with Crippen LogP contribution < -0.4 is 0 Å². The second kappa shape index (κ2) is 2.97. The third-order valence-corrected chi connectivity index (χ3v) is 1.53. The molecule has 0 spiro atoms. The summed E-state index contributed by atoms with van der Waals surface area (Å²) in [6.07, 6.45) is 3.64. The molecule has 0 atom stereocenters. The zero-order chi connectivity index (χ0) is 7.56. The average molecular weight is 156 g/mol. The first-order valence-electron chi connectivity index (χ1n) is 3.14. The fraction of sp³-hybridized carbons (Fsp3) is 0.429. The standard InChI is InChI=1S/C7H8ClN2/c1-3-6-4-9-5(2)10-7(6)8/h3H2,1-2H3. The van der Waals surface area contributed by atoms with Gasteiger partial charge in [-0.25, -0.2) is 9.97 Å². The molecule has 1 radical (unpaired) electrons. The second-order valence-corrected chi connectivity index (χ2v) is 2.36. The normalized spacial score (nSPS) is 9.90. The minimum Gasteiger partial charge on any atom is -0.231 e. The molecule has 53 valence electrons. The summed E-state index contributed by atoms with van der Waals surface area (Å²) < 4.78 is 0. The van der Waals surface area contributed by atoms with Crippen LogP contribution in [0, 0.1) is 13.1 Å². The minimum absolute atomic E-state index is 0.523. The lowest BCUT2D eigenvalue weighted by Gasteiger charge is -1.97. The number of aryl methyl sites for hydroxylation is 2. The van der Waals surface area contributed by atoms with Gasteiger partial charge in [0, 0.05) is 5.56 Å². The van der Waals surface area contributed by atoms with E-state index in [0.717, 1.165) is 12.0 Å². The summed E-state index contributed by atoms with van der Waals surface area (Å²) in [6, 6.07) is 0. The Labute approximate surface area is 65.3 Å². The third-order valence-electron chi connectivity index (χ3n) is 1.22. The second-order valence-electron chi connectivity index (χ2n) is 2.01. The maximum absolute atomic E-state index is 5.75. The highest BCUT2D eigenvalue weighted by Crippen LogP contribution is 2.10. The van der Waals surface area contributed by atoms with E-state index in [2.05, 4.69) is 16.2 Å². The number of rotatable bonds is 1. The van der Waals surface area contributed by atoms with Gasteiger partial charge in [-0.05, 0) is 13.3 Å². The van der Waals surface area contributed by atoms with Crippen molar-refractivity contribution in [3.05, 3.63) is 22.7 Å². The van der Waals surface area contributed by atoms with Gasteiger partial charge in [-0.1, -0.05) is 18.5 Å². The Morgan fingerprint density at radius 2 is 2.30 bits per heavy atom. The van der Waals surface area contributed by atoms with Gasteiger partial charge in [-0.3, -0.25) is 0 Å².